The fraction of sp³-hybridized carbons (Fsp3) is 0.200. The van der Waals surface area contributed by atoms with Crippen LogP contribution in [0.25, 0.3) is 0 Å². The molecule has 2 rings (SSSR count). The molecule has 18 heavy (non-hydrogen) atoms. The molecular weight excluding hydrogens is 228 g/mol. The molecule has 0 fully saturated rings. The summed E-state index contributed by atoms with van der Waals surface area (Å²) in [5.41, 5.74) is 0.144. The SMILES string of the molecule is CC(C)(O)/C=C/C1=CC(=O)c2ccccc2C1=O. The van der Waals surface area contributed by atoms with Crippen molar-refractivity contribution in [2.45, 2.75) is 19.4 Å². The van der Waals surface area contributed by atoms with Crippen molar-refractivity contribution in [2.75, 3.05) is 0 Å². The first kappa shape index (κ1) is 12.5. The van der Waals surface area contributed by atoms with E-state index in [0.717, 1.165) is 0 Å². The van der Waals surface area contributed by atoms with E-state index in [-0.39, 0.29) is 11.6 Å². The Morgan fingerprint density at radius 2 is 1.72 bits per heavy atom. The van der Waals surface area contributed by atoms with Crippen LogP contribution < -0.4 is 0 Å². The average Bonchev–Trinajstić information content (AvgIpc) is 2.31. The van der Waals surface area contributed by atoms with Crippen LogP contribution in [0.15, 0.2) is 48.1 Å². The molecule has 0 spiro atoms. The summed E-state index contributed by atoms with van der Waals surface area (Å²) >= 11 is 0. The van der Waals surface area contributed by atoms with E-state index < -0.39 is 5.60 Å². The third-order valence-corrected chi connectivity index (χ3v) is 2.66. The van der Waals surface area contributed by atoms with Crippen molar-refractivity contribution in [1.29, 1.82) is 0 Å². The Balaban J connectivity index is 2.41. The highest BCUT2D eigenvalue weighted by Gasteiger charge is 2.23. The van der Waals surface area contributed by atoms with Crippen molar-refractivity contribution >= 4 is 11.6 Å². The Bertz CT molecular complexity index is 572. The second-order valence-electron chi connectivity index (χ2n) is 4.83. The molecule has 1 N–H and O–H groups in total. The van der Waals surface area contributed by atoms with Crippen molar-refractivity contribution in [1.82, 2.24) is 0 Å². The summed E-state index contributed by atoms with van der Waals surface area (Å²) in [6, 6.07) is 6.74. The van der Waals surface area contributed by atoms with Crippen molar-refractivity contribution in [2.24, 2.45) is 0 Å². The molecule has 92 valence electrons. The maximum Gasteiger partial charge on any atom is 0.193 e. The van der Waals surface area contributed by atoms with E-state index in [9.17, 15) is 14.7 Å². The van der Waals surface area contributed by atoms with Crippen molar-refractivity contribution in [3.05, 3.63) is 59.2 Å². The smallest absolute Gasteiger partial charge is 0.193 e. The van der Waals surface area contributed by atoms with Crippen molar-refractivity contribution in [3.63, 3.8) is 0 Å². The number of hydrogen-bond donors (Lipinski definition) is 1. The first-order chi connectivity index (χ1) is 8.38. The van der Waals surface area contributed by atoms with Gasteiger partial charge in [-0.2, -0.15) is 0 Å². The van der Waals surface area contributed by atoms with E-state index in [0.29, 0.717) is 16.7 Å². The normalized spacial score (nSPS) is 15.8. The molecule has 0 saturated heterocycles. The average molecular weight is 242 g/mol. The summed E-state index contributed by atoms with van der Waals surface area (Å²) in [5.74, 6) is -0.369. The summed E-state index contributed by atoms with van der Waals surface area (Å²) in [6.45, 7) is 3.21. The van der Waals surface area contributed by atoms with Crippen LogP contribution in [0.2, 0.25) is 0 Å². The largest absolute Gasteiger partial charge is 0.386 e. The van der Waals surface area contributed by atoms with Crippen LogP contribution in [-0.2, 0) is 0 Å². The van der Waals surface area contributed by atoms with Gasteiger partial charge in [-0.1, -0.05) is 36.4 Å². The molecule has 1 aromatic carbocycles. The van der Waals surface area contributed by atoms with E-state index in [1.54, 1.807) is 38.1 Å². The van der Waals surface area contributed by atoms with Crippen LogP contribution in [0.5, 0.6) is 0 Å². The highest BCUT2D eigenvalue weighted by atomic mass is 16.3. The number of benzene rings is 1. The molecule has 0 unspecified atom stereocenters. The van der Waals surface area contributed by atoms with Crippen LogP contribution >= 0.6 is 0 Å². The van der Waals surface area contributed by atoms with Crippen LogP contribution in [0.4, 0.5) is 0 Å². The van der Waals surface area contributed by atoms with E-state index in [1.165, 1.54) is 18.2 Å². The van der Waals surface area contributed by atoms with Crippen molar-refractivity contribution < 1.29 is 14.7 Å². The zero-order valence-corrected chi connectivity index (χ0v) is 10.3. The summed E-state index contributed by atoms with van der Waals surface area (Å²) in [6.07, 6.45) is 4.31. The van der Waals surface area contributed by atoms with Gasteiger partial charge in [-0.25, -0.2) is 0 Å². The van der Waals surface area contributed by atoms with E-state index >= 15 is 0 Å². The molecule has 0 aliphatic heterocycles. The Labute approximate surface area is 105 Å². The van der Waals surface area contributed by atoms with Gasteiger partial charge in [0, 0.05) is 16.7 Å². The van der Waals surface area contributed by atoms with Crippen LogP contribution in [0.1, 0.15) is 34.6 Å². The lowest BCUT2D eigenvalue weighted by atomic mass is 9.89. The zero-order chi connectivity index (χ0) is 13.3. The predicted molar refractivity (Wildman–Crippen MR) is 68.6 cm³/mol. The highest BCUT2D eigenvalue weighted by molar-refractivity contribution is 6.25. The highest BCUT2D eigenvalue weighted by Crippen LogP contribution is 2.22. The van der Waals surface area contributed by atoms with Gasteiger partial charge in [-0.15, -0.1) is 0 Å². The number of fused-ring (bicyclic) bond motifs is 1. The maximum absolute atomic E-state index is 12.1. The molecule has 0 atom stereocenters. The molecular formula is C15H14O3. The third kappa shape index (κ3) is 2.46. The van der Waals surface area contributed by atoms with Gasteiger partial charge in [-0.05, 0) is 19.9 Å². The summed E-state index contributed by atoms with van der Waals surface area (Å²) in [4.78, 5) is 24.0. The minimum atomic E-state index is -1.01. The fourth-order valence-corrected chi connectivity index (χ4v) is 1.75. The van der Waals surface area contributed by atoms with E-state index in [2.05, 4.69) is 0 Å². The van der Waals surface area contributed by atoms with Gasteiger partial charge in [0.25, 0.3) is 0 Å². The van der Waals surface area contributed by atoms with Gasteiger partial charge in [0.15, 0.2) is 11.6 Å². The molecule has 1 aliphatic rings. The predicted octanol–water partition coefficient (Wildman–Crippen LogP) is 2.32. The maximum atomic E-state index is 12.1. The number of rotatable bonds is 2. The van der Waals surface area contributed by atoms with Gasteiger partial charge < -0.3 is 5.11 Å². The van der Waals surface area contributed by atoms with E-state index in [1.807, 2.05) is 0 Å². The van der Waals surface area contributed by atoms with Crippen molar-refractivity contribution in [3.8, 4) is 0 Å². The minimum Gasteiger partial charge on any atom is -0.386 e. The molecule has 0 bridgehead atoms. The van der Waals surface area contributed by atoms with Crippen LogP contribution in [-0.4, -0.2) is 22.3 Å². The van der Waals surface area contributed by atoms with Gasteiger partial charge in [0.05, 0.1) is 5.60 Å². The number of carbonyl (C=O) groups is 2. The lowest BCUT2D eigenvalue weighted by Gasteiger charge is -2.14. The van der Waals surface area contributed by atoms with Gasteiger partial charge in [-0.3, -0.25) is 9.59 Å². The monoisotopic (exact) mass is 242 g/mol. The van der Waals surface area contributed by atoms with E-state index in [4.69, 9.17) is 0 Å². The number of ketones is 2. The summed E-state index contributed by atoms with van der Waals surface area (Å²) in [7, 11) is 0. The zero-order valence-electron chi connectivity index (χ0n) is 10.3. The van der Waals surface area contributed by atoms with Gasteiger partial charge in [0.1, 0.15) is 0 Å². The fourth-order valence-electron chi connectivity index (χ4n) is 1.75. The molecule has 0 heterocycles. The lowest BCUT2D eigenvalue weighted by Crippen LogP contribution is -2.18. The number of Topliss-reactive ketones (excluding diaryl/α,β-unsaturated/α-hetero) is 1. The lowest BCUT2D eigenvalue weighted by molar-refractivity contribution is 0.0986. The molecule has 0 aromatic heterocycles. The number of hydrogen-bond acceptors (Lipinski definition) is 3. The molecule has 3 nitrogen and oxygen atoms in total. The van der Waals surface area contributed by atoms with Crippen LogP contribution in [0, 0.1) is 0 Å². The molecule has 1 aromatic rings. The topological polar surface area (TPSA) is 54.4 Å². The Morgan fingerprint density at radius 1 is 1.11 bits per heavy atom. The molecule has 0 amide bonds. The molecule has 0 radical (unpaired) electrons. The quantitative estimate of drug-likeness (QED) is 0.865. The van der Waals surface area contributed by atoms with Gasteiger partial charge in [0.2, 0.25) is 0 Å². The third-order valence-electron chi connectivity index (χ3n) is 2.66. The van der Waals surface area contributed by atoms with Gasteiger partial charge >= 0.3 is 0 Å². The standard InChI is InChI=1S/C15H14O3/c1-15(2,18)8-7-10-9-13(16)11-5-3-4-6-12(11)14(10)17/h3-9,18H,1-2H3/b8-7+. The first-order valence-corrected chi connectivity index (χ1v) is 5.70. The second-order valence-corrected chi connectivity index (χ2v) is 4.83. The number of aliphatic hydroxyl groups is 1. The summed E-state index contributed by atoms with van der Waals surface area (Å²) < 4.78 is 0. The first-order valence-electron chi connectivity index (χ1n) is 5.70. The molecule has 0 saturated carbocycles. The minimum absolute atomic E-state index is 0.180. The second kappa shape index (κ2) is 4.35. The molecule has 3 heteroatoms. The Morgan fingerprint density at radius 3 is 2.33 bits per heavy atom. The number of carbonyl (C=O) groups excluding carboxylic acids is 2. The Hall–Kier alpha value is -2.00. The Kier molecular flexibility index (Phi) is 3.01. The van der Waals surface area contributed by atoms with Crippen LogP contribution in [0.3, 0.4) is 0 Å². The molecule has 1 aliphatic carbocycles. The summed E-state index contributed by atoms with van der Waals surface area (Å²) in [5, 5.41) is 9.59. The number of allylic oxidation sites excluding steroid dienone is 3.